The van der Waals surface area contributed by atoms with Crippen LogP contribution < -0.4 is 16.4 Å². The Bertz CT molecular complexity index is 1080. The average Bonchev–Trinajstić information content (AvgIpc) is 3.32. The van der Waals surface area contributed by atoms with Gasteiger partial charge in [0, 0.05) is 36.4 Å². The second-order valence-corrected chi connectivity index (χ2v) is 10.0. The second kappa shape index (κ2) is 7.55. The average molecular weight is 445 g/mol. The number of aromatic nitrogens is 5. The third-order valence-electron chi connectivity index (χ3n) is 6.62. The topological polar surface area (TPSA) is 111 Å². The molecule has 3 aromatic heterocycles. The molecule has 5 rings (SSSR count). The van der Waals surface area contributed by atoms with Gasteiger partial charge in [0.15, 0.2) is 5.65 Å². The first kappa shape index (κ1) is 19.8. The van der Waals surface area contributed by atoms with Gasteiger partial charge in [0.05, 0.1) is 9.92 Å². The Labute approximate surface area is 184 Å². The van der Waals surface area contributed by atoms with Crippen LogP contribution in [0.15, 0.2) is 34.6 Å². The lowest BCUT2D eigenvalue weighted by atomic mass is 9.74. The number of nitrogens with zero attached hydrogens (tertiary/aromatic N) is 6. The maximum absolute atomic E-state index is 6.52. The SMILES string of the molecule is CC1C[C@@H](N)C2(CCN(c3ncc(Sc4ccnc(N)c4Cl)c4nncn34)CC2)C1. The molecule has 1 spiro atoms. The number of hydrogen-bond donors (Lipinski definition) is 2. The first-order valence-corrected chi connectivity index (χ1v) is 11.4. The van der Waals surface area contributed by atoms with Crippen molar-refractivity contribution < 1.29 is 0 Å². The van der Waals surface area contributed by atoms with Gasteiger partial charge < -0.3 is 16.4 Å². The summed E-state index contributed by atoms with van der Waals surface area (Å²) in [5.74, 6) is 1.90. The number of anilines is 2. The quantitative estimate of drug-likeness (QED) is 0.633. The molecule has 3 aromatic rings. The molecule has 30 heavy (non-hydrogen) atoms. The summed E-state index contributed by atoms with van der Waals surface area (Å²) in [7, 11) is 0. The Morgan fingerprint density at radius 1 is 1.23 bits per heavy atom. The van der Waals surface area contributed by atoms with Crippen LogP contribution in [0.3, 0.4) is 0 Å². The number of halogens is 1. The molecule has 0 amide bonds. The van der Waals surface area contributed by atoms with E-state index in [-0.39, 0.29) is 5.41 Å². The van der Waals surface area contributed by atoms with E-state index in [1.54, 1.807) is 12.5 Å². The Kier molecular flexibility index (Phi) is 4.99. The zero-order chi connectivity index (χ0) is 20.9. The van der Waals surface area contributed by atoms with Gasteiger partial charge in [0.25, 0.3) is 0 Å². The van der Waals surface area contributed by atoms with Crippen molar-refractivity contribution in [2.24, 2.45) is 17.1 Å². The van der Waals surface area contributed by atoms with Crippen LogP contribution in [0, 0.1) is 11.3 Å². The molecule has 4 N–H and O–H groups in total. The summed E-state index contributed by atoms with van der Waals surface area (Å²) in [4.78, 5) is 12.8. The van der Waals surface area contributed by atoms with Crippen molar-refractivity contribution in [1.82, 2.24) is 24.6 Å². The number of nitrogens with two attached hydrogens (primary N) is 2. The minimum absolute atomic E-state index is 0.288. The van der Waals surface area contributed by atoms with E-state index >= 15 is 0 Å². The Hall–Kier alpha value is -2.10. The van der Waals surface area contributed by atoms with Crippen LogP contribution in [0.4, 0.5) is 11.8 Å². The molecular formula is C20H25ClN8S. The molecule has 1 saturated heterocycles. The second-order valence-electron chi connectivity index (χ2n) is 8.56. The largest absolute Gasteiger partial charge is 0.382 e. The van der Waals surface area contributed by atoms with Crippen molar-refractivity contribution >= 4 is 40.8 Å². The predicted molar refractivity (Wildman–Crippen MR) is 119 cm³/mol. The molecule has 8 nitrogen and oxygen atoms in total. The fourth-order valence-corrected chi connectivity index (χ4v) is 6.19. The first-order chi connectivity index (χ1) is 14.5. The molecule has 10 heteroatoms. The lowest BCUT2D eigenvalue weighted by Gasteiger charge is -2.42. The zero-order valence-electron chi connectivity index (χ0n) is 16.8. The summed E-state index contributed by atoms with van der Waals surface area (Å²) in [5, 5.41) is 8.90. The Morgan fingerprint density at radius 3 is 2.77 bits per heavy atom. The molecular weight excluding hydrogens is 420 g/mol. The highest BCUT2D eigenvalue weighted by atomic mass is 35.5. The summed E-state index contributed by atoms with van der Waals surface area (Å²) < 4.78 is 1.95. The van der Waals surface area contributed by atoms with E-state index in [4.69, 9.17) is 28.1 Å². The van der Waals surface area contributed by atoms with Crippen molar-refractivity contribution in [2.75, 3.05) is 23.7 Å². The van der Waals surface area contributed by atoms with Gasteiger partial charge in [0.2, 0.25) is 5.95 Å². The molecule has 0 bridgehead atoms. The number of piperidine rings is 1. The van der Waals surface area contributed by atoms with Gasteiger partial charge >= 0.3 is 0 Å². The summed E-state index contributed by atoms with van der Waals surface area (Å²) in [6, 6.07) is 2.15. The summed E-state index contributed by atoms with van der Waals surface area (Å²) in [6.07, 6.45) is 9.79. The summed E-state index contributed by atoms with van der Waals surface area (Å²) >= 11 is 7.77. The minimum atomic E-state index is 0.288. The highest BCUT2D eigenvalue weighted by Crippen LogP contribution is 2.48. The fraction of sp³-hybridized carbons (Fsp3) is 0.500. The third-order valence-corrected chi connectivity index (χ3v) is 8.20. The van der Waals surface area contributed by atoms with Gasteiger partial charge in [-0.15, -0.1) is 10.2 Å². The molecule has 1 unspecified atom stereocenters. The van der Waals surface area contributed by atoms with Gasteiger partial charge in [-0.3, -0.25) is 0 Å². The van der Waals surface area contributed by atoms with Gasteiger partial charge in [-0.25, -0.2) is 14.4 Å². The van der Waals surface area contributed by atoms with Crippen LogP contribution in [-0.4, -0.2) is 43.7 Å². The van der Waals surface area contributed by atoms with Crippen molar-refractivity contribution in [3.8, 4) is 0 Å². The van der Waals surface area contributed by atoms with E-state index in [2.05, 4.69) is 27.0 Å². The van der Waals surface area contributed by atoms with E-state index < -0.39 is 0 Å². The van der Waals surface area contributed by atoms with Crippen molar-refractivity contribution in [3.05, 3.63) is 29.8 Å². The van der Waals surface area contributed by atoms with E-state index in [1.165, 1.54) is 18.2 Å². The molecule has 1 aliphatic heterocycles. The minimum Gasteiger partial charge on any atom is -0.382 e. The lowest BCUT2D eigenvalue weighted by molar-refractivity contribution is 0.192. The monoisotopic (exact) mass is 444 g/mol. The Morgan fingerprint density at radius 2 is 2.03 bits per heavy atom. The third kappa shape index (κ3) is 3.29. The molecule has 0 aromatic carbocycles. The van der Waals surface area contributed by atoms with Gasteiger partial charge in [-0.05, 0) is 43.1 Å². The smallest absolute Gasteiger partial charge is 0.212 e. The van der Waals surface area contributed by atoms with Crippen LogP contribution in [-0.2, 0) is 0 Å². The molecule has 1 saturated carbocycles. The maximum Gasteiger partial charge on any atom is 0.212 e. The number of pyridine rings is 1. The number of hydrogen-bond acceptors (Lipinski definition) is 8. The van der Waals surface area contributed by atoms with Crippen LogP contribution in [0.2, 0.25) is 5.02 Å². The molecule has 1 aliphatic carbocycles. The first-order valence-electron chi connectivity index (χ1n) is 10.2. The molecule has 4 heterocycles. The predicted octanol–water partition coefficient (Wildman–Crippen LogP) is 3.25. The van der Waals surface area contributed by atoms with Crippen LogP contribution in [0.25, 0.3) is 5.65 Å². The Balaban J connectivity index is 1.40. The van der Waals surface area contributed by atoms with Gasteiger partial charge in [-0.1, -0.05) is 30.3 Å². The summed E-state index contributed by atoms with van der Waals surface area (Å²) in [5.41, 5.74) is 13.4. The van der Waals surface area contributed by atoms with Crippen molar-refractivity contribution in [3.63, 3.8) is 0 Å². The van der Waals surface area contributed by atoms with Gasteiger partial charge in [0.1, 0.15) is 12.1 Å². The van der Waals surface area contributed by atoms with E-state index in [0.717, 1.165) is 59.7 Å². The molecule has 2 aliphatic rings. The highest BCUT2D eigenvalue weighted by molar-refractivity contribution is 7.99. The van der Waals surface area contributed by atoms with E-state index in [1.807, 2.05) is 16.7 Å². The highest BCUT2D eigenvalue weighted by Gasteiger charge is 2.46. The van der Waals surface area contributed by atoms with Crippen molar-refractivity contribution in [2.45, 2.75) is 48.4 Å². The van der Waals surface area contributed by atoms with Crippen LogP contribution >= 0.6 is 23.4 Å². The molecule has 2 fully saturated rings. The summed E-state index contributed by atoms with van der Waals surface area (Å²) in [6.45, 7) is 4.21. The zero-order valence-corrected chi connectivity index (χ0v) is 18.4. The van der Waals surface area contributed by atoms with Crippen LogP contribution in [0.1, 0.15) is 32.6 Å². The van der Waals surface area contributed by atoms with Crippen molar-refractivity contribution in [1.29, 1.82) is 0 Å². The fourth-order valence-electron chi connectivity index (χ4n) is 5.07. The maximum atomic E-state index is 6.52. The normalized spacial score (nSPS) is 23.5. The molecule has 2 atom stereocenters. The number of fused-ring (bicyclic) bond motifs is 1. The van der Waals surface area contributed by atoms with Crippen LogP contribution in [0.5, 0.6) is 0 Å². The molecule has 0 radical (unpaired) electrons. The van der Waals surface area contributed by atoms with Gasteiger partial charge in [-0.2, -0.15) is 0 Å². The lowest BCUT2D eigenvalue weighted by Crippen LogP contribution is -2.47. The van der Waals surface area contributed by atoms with E-state index in [0.29, 0.717) is 16.9 Å². The standard InChI is InChI=1S/C20H25ClN8S/c1-12-8-15(22)20(9-12)3-6-28(7-4-20)19-25-10-14(18-27-26-11-29(18)19)30-13-2-5-24-17(23)16(13)21/h2,5,10-12,15H,3-4,6-9,22H2,1H3,(H2,23,24)/t12?,15-/m1/s1. The van der Waals surface area contributed by atoms with E-state index in [9.17, 15) is 0 Å². The number of nitrogen functional groups attached to an aromatic ring is 1. The number of rotatable bonds is 3. The molecule has 158 valence electrons.